The lowest BCUT2D eigenvalue weighted by molar-refractivity contribution is 0.827. The highest BCUT2D eigenvalue weighted by Gasteiger charge is 2.19. The fraction of sp³-hybridized carbons (Fsp3) is 0.0769. The molecule has 3 nitrogen and oxygen atoms in total. The van der Waals surface area contributed by atoms with Crippen LogP contribution in [0.25, 0.3) is 49.3 Å². The third kappa shape index (κ3) is 3.74. The zero-order valence-electron chi connectivity index (χ0n) is 23.8. The molecule has 0 radical (unpaired) electrons. The van der Waals surface area contributed by atoms with Gasteiger partial charge < -0.3 is 14.0 Å². The Morgan fingerprint density at radius 3 is 1.74 bits per heavy atom. The van der Waals surface area contributed by atoms with Crippen LogP contribution in [0.4, 0.5) is 17.1 Å². The van der Waals surface area contributed by atoms with Crippen LogP contribution >= 0.6 is 0 Å². The predicted molar refractivity (Wildman–Crippen MR) is 179 cm³/mol. The maximum absolute atomic E-state index is 2.41. The van der Waals surface area contributed by atoms with Gasteiger partial charge >= 0.3 is 0 Å². The first-order valence-corrected chi connectivity index (χ1v) is 14.7. The third-order valence-corrected chi connectivity index (χ3v) is 8.52. The molecule has 6 aromatic carbocycles. The molecule has 8 rings (SSSR count). The van der Waals surface area contributed by atoms with E-state index in [4.69, 9.17) is 0 Å². The van der Waals surface area contributed by atoms with Crippen molar-refractivity contribution in [1.29, 1.82) is 0 Å². The Kier molecular flexibility index (Phi) is 5.65. The molecule has 0 saturated carbocycles. The molecule has 42 heavy (non-hydrogen) atoms. The summed E-state index contributed by atoms with van der Waals surface area (Å²) in [6, 6.07) is 50.7. The molecule has 0 amide bonds. The SMILES string of the molecule is CCn1c2ccccc2c2cc(N(c3ccccc3)c3ccc4c(c3)c3cc(C)ccc3n4-c3ccccc3)ccc21. The van der Waals surface area contributed by atoms with Crippen LogP contribution < -0.4 is 4.90 Å². The molecule has 3 heteroatoms. The highest BCUT2D eigenvalue weighted by atomic mass is 15.1. The summed E-state index contributed by atoms with van der Waals surface area (Å²) in [5.41, 5.74) is 10.8. The van der Waals surface area contributed by atoms with E-state index in [1.807, 2.05) is 0 Å². The summed E-state index contributed by atoms with van der Waals surface area (Å²) in [6.07, 6.45) is 0. The Labute approximate surface area is 245 Å². The van der Waals surface area contributed by atoms with Gasteiger partial charge in [-0.3, -0.25) is 0 Å². The first kappa shape index (κ1) is 24.5. The fourth-order valence-electron chi connectivity index (χ4n) is 6.67. The molecule has 0 bridgehead atoms. The van der Waals surface area contributed by atoms with Crippen molar-refractivity contribution in [3.63, 3.8) is 0 Å². The lowest BCUT2D eigenvalue weighted by Crippen LogP contribution is -2.09. The number of aryl methyl sites for hydroxylation is 2. The number of rotatable bonds is 5. The van der Waals surface area contributed by atoms with Crippen LogP contribution in [0.3, 0.4) is 0 Å². The zero-order chi connectivity index (χ0) is 28.2. The molecular formula is C39H31N3. The Bertz CT molecular complexity index is 2240. The average Bonchev–Trinajstić information content (AvgIpc) is 3.53. The quantitative estimate of drug-likeness (QED) is 0.211. The standard InChI is InChI=1S/C39H31N3/c1-3-40-36-17-11-10-16-32(36)34-25-30(19-22-37(34)40)41(28-12-6-4-7-13-28)31-20-23-39-35(26-31)33-24-27(2)18-21-38(33)42(39)29-14-8-5-9-15-29/h4-26H,3H2,1-2H3. The van der Waals surface area contributed by atoms with Gasteiger partial charge in [0.15, 0.2) is 0 Å². The highest BCUT2D eigenvalue weighted by Crippen LogP contribution is 2.41. The molecular weight excluding hydrogens is 510 g/mol. The lowest BCUT2D eigenvalue weighted by atomic mass is 10.1. The number of hydrogen-bond acceptors (Lipinski definition) is 1. The fourth-order valence-corrected chi connectivity index (χ4v) is 6.67. The molecule has 0 N–H and O–H groups in total. The highest BCUT2D eigenvalue weighted by molar-refractivity contribution is 6.12. The van der Waals surface area contributed by atoms with Gasteiger partial charge in [0.2, 0.25) is 0 Å². The second kappa shape index (κ2) is 9.67. The van der Waals surface area contributed by atoms with E-state index in [0.29, 0.717) is 0 Å². The molecule has 0 spiro atoms. The summed E-state index contributed by atoms with van der Waals surface area (Å²) in [5.74, 6) is 0. The normalized spacial score (nSPS) is 11.7. The minimum Gasteiger partial charge on any atom is -0.341 e. The number of nitrogens with zero attached hydrogens (tertiary/aromatic N) is 3. The maximum Gasteiger partial charge on any atom is 0.0542 e. The van der Waals surface area contributed by atoms with Crippen molar-refractivity contribution in [2.45, 2.75) is 20.4 Å². The number of anilines is 3. The molecule has 2 heterocycles. The second-order valence-corrected chi connectivity index (χ2v) is 11.0. The van der Waals surface area contributed by atoms with Crippen molar-refractivity contribution in [2.24, 2.45) is 0 Å². The van der Waals surface area contributed by atoms with Crippen molar-refractivity contribution in [3.05, 3.63) is 145 Å². The number of hydrogen-bond donors (Lipinski definition) is 0. The summed E-state index contributed by atoms with van der Waals surface area (Å²) in [5, 5.41) is 5.09. The number of aromatic nitrogens is 2. The van der Waals surface area contributed by atoms with Crippen molar-refractivity contribution >= 4 is 60.7 Å². The Morgan fingerprint density at radius 2 is 1.02 bits per heavy atom. The topological polar surface area (TPSA) is 13.1 Å². The molecule has 8 aromatic rings. The summed E-state index contributed by atoms with van der Waals surface area (Å²) in [4.78, 5) is 2.39. The van der Waals surface area contributed by atoms with Gasteiger partial charge in [-0.2, -0.15) is 0 Å². The van der Waals surface area contributed by atoms with Crippen LogP contribution in [-0.2, 0) is 6.54 Å². The Morgan fingerprint density at radius 1 is 0.476 bits per heavy atom. The lowest BCUT2D eigenvalue weighted by Gasteiger charge is -2.26. The molecule has 0 unspecified atom stereocenters. The van der Waals surface area contributed by atoms with E-state index < -0.39 is 0 Å². The van der Waals surface area contributed by atoms with Crippen molar-refractivity contribution < 1.29 is 0 Å². The van der Waals surface area contributed by atoms with Crippen LogP contribution in [0, 0.1) is 6.92 Å². The van der Waals surface area contributed by atoms with Gasteiger partial charge in [-0.05, 0) is 92.7 Å². The Hall–Kier alpha value is -5.28. The molecule has 0 fully saturated rings. The summed E-state index contributed by atoms with van der Waals surface area (Å²) < 4.78 is 4.79. The Balaban J connectivity index is 1.39. The van der Waals surface area contributed by atoms with Crippen LogP contribution in [0.5, 0.6) is 0 Å². The first-order chi connectivity index (χ1) is 20.7. The predicted octanol–water partition coefficient (Wildman–Crippen LogP) is 10.7. The van der Waals surface area contributed by atoms with Gasteiger partial charge in [-0.1, -0.05) is 66.2 Å². The van der Waals surface area contributed by atoms with Gasteiger partial charge in [-0.15, -0.1) is 0 Å². The van der Waals surface area contributed by atoms with Gasteiger partial charge in [0.05, 0.1) is 11.0 Å². The van der Waals surface area contributed by atoms with E-state index in [1.54, 1.807) is 0 Å². The third-order valence-electron chi connectivity index (χ3n) is 8.52. The van der Waals surface area contributed by atoms with Crippen LogP contribution in [0.2, 0.25) is 0 Å². The molecule has 2 aromatic heterocycles. The van der Waals surface area contributed by atoms with Crippen LogP contribution in [0.15, 0.2) is 140 Å². The van der Waals surface area contributed by atoms with Crippen molar-refractivity contribution in [2.75, 3.05) is 4.90 Å². The molecule has 0 saturated heterocycles. The van der Waals surface area contributed by atoms with E-state index in [-0.39, 0.29) is 0 Å². The first-order valence-electron chi connectivity index (χ1n) is 14.7. The van der Waals surface area contributed by atoms with Crippen molar-refractivity contribution in [3.8, 4) is 5.69 Å². The van der Waals surface area contributed by atoms with Gasteiger partial charge in [0, 0.05) is 61.9 Å². The second-order valence-electron chi connectivity index (χ2n) is 11.0. The minimum atomic E-state index is 0.938. The van der Waals surface area contributed by atoms with E-state index in [1.165, 1.54) is 54.9 Å². The summed E-state index contributed by atoms with van der Waals surface area (Å²) in [7, 11) is 0. The smallest absolute Gasteiger partial charge is 0.0542 e. The number of fused-ring (bicyclic) bond motifs is 6. The largest absolute Gasteiger partial charge is 0.341 e. The van der Waals surface area contributed by atoms with Gasteiger partial charge in [0.1, 0.15) is 0 Å². The number of benzene rings is 6. The molecule has 0 aliphatic heterocycles. The molecule has 0 atom stereocenters. The van der Waals surface area contributed by atoms with E-state index >= 15 is 0 Å². The average molecular weight is 542 g/mol. The monoisotopic (exact) mass is 541 g/mol. The molecule has 0 aliphatic carbocycles. The van der Waals surface area contributed by atoms with Crippen molar-refractivity contribution in [1.82, 2.24) is 9.13 Å². The number of para-hydroxylation sites is 3. The van der Waals surface area contributed by atoms with Gasteiger partial charge in [-0.25, -0.2) is 0 Å². The van der Waals surface area contributed by atoms with E-state index in [9.17, 15) is 0 Å². The summed E-state index contributed by atoms with van der Waals surface area (Å²) in [6.45, 7) is 5.33. The molecule has 202 valence electrons. The van der Waals surface area contributed by atoms with E-state index in [2.05, 4.69) is 167 Å². The van der Waals surface area contributed by atoms with Crippen LogP contribution in [0.1, 0.15) is 12.5 Å². The zero-order valence-corrected chi connectivity index (χ0v) is 23.8. The van der Waals surface area contributed by atoms with E-state index in [0.717, 1.165) is 23.6 Å². The maximum atomic E-state index is 2.41. The summed E-state index contributed by atoms with van der Waals surface area (Å²) >= 11 is 0. The van der Waals surface area contributed by atoms with Crippen LogP contribution in [-0.4, -0.2) is 9.13 Å². The minimum absolute atomic E-state index is 0.938. The molecule has 0 aliphatic rings. The van der Waals surface area contributed by atoms with Gasteiger partial charge in [0.25, 0.3) is 0 Å².